The molecule has 0 bridgehead atoms. The lowest BCUT2D eigenvalue weighted by molar-refractivity contribution is 0.256. The summed E-state index contributed by atoms with van der Waals surface area (Å²) >= 11 is 0. The third-order valence-electron chi connectivity index (χ3n) is 4.96. The highest BCUT2D eigenvalue weighted by atomic mass is 16.5. The summed E-state index contributed by atoms with van der Waals surface area (Å²) in [6.07, 6.45) is 6.81. The number of fused-ring (bicyclic) bond motifs is 1. The number of nitrogens with one attached hydrogen (secondary N) is 1. The molecular formula is C17H25NO. The third kappa shape index (κ3) is 2.38. The quantitative estimate of drug-likeness (QED) is 0.869. The van der Waals surface area contributed by atoms with Crippen molar-refractivity contribution in [3.05, 3.63) is 28.8 Å². The summed E-state index contributed by atoms with van der Waals surface area (Å²) in [6.45, 7) is 4.36. The van der Waals surface area contributed by atoms with Gasteiger partial charge in [0.15, 0.2) is 0 Å². The van der Waals surface area contributed by atoms with Crippen LogP contribution in [0.4, 0.5) is 0 Å². The van der Waals surface area contributed by atoms with Crippen molar-refractivity contribution in [1.82, 2.24) is 5.32 Å². The van der Waals surface area contributed by atoms with Crippen LogP contribution >= 0.6 is 0 Å². The summed E-state index contributed by atoms with van der Waals surface area (Å²) in [5.74, 6) is 1.99. The minimum atomic E-state index is 0.481. The van der Waals surface area contributed by atoms with E-state index in [0.29, 0.717) is 6.04 Å². The van der Waals surface area contributed by atoms with Gasteiger partial charge in [-0.3, -0.25) is 0 Å². The van der Waals surface area contributed by atoms with Crippen LogP contribution in [-0.4, -0.2) is 13.2 Å². The van der Waals surface area contributed by atoms with Crippen molar-refractivity contribution in [1.29, 1.82) is 0 Å². The molecule has 2 aliphatic rings. The molecule has 1 N–H and O–H groups in total. The van der Waals surface area contributed by atoms with Crippen LogP contribution in [-0.2, 0) is 0 Å². The van der Waals surface area contributed by atoms with Crippen LogP contribution in [0.2, 0.25) is 0 Å². The molecule has 19 heavy (non-hydrogen) atoms. The number of hydrogen-bond donors (Lipinski definition) is 1. The molecule has 3 rings (SSSR count). The number of ether oxygens (including phenoxy) is 1. The van der Waals surface area contributed by atoms with E-state index >= 15 is 0 Å². The minimum absolute atomic E-state index is 0.481. The molecule has 0 aromatic heterocycles. The first-order chi connectivity index (χ1) is 9.19. The van der Waals surface area contributed by atoms with Gasteiger partial charge in [-0.1, -0.05) is 12.5 Å². The zero-order valence-electron chi connectivity index (χ0n) is 12.3. The van der Waals surface area contributed by atoms with Gasteiger partial charge in [0.2, 0.25) is 0 Å². The lowest BCUT2D eigenvalue weighted by atomic mass is 9.85. The molecule has 1 aromatic carbocycles. The first-order valence-electron chi connectivity index (χ1n) is 7.60. The molecule has 0 radical (unpaired) electrons. The number of benzene rings is 1. The Morgan fingerprint density at radius 2 is 1.95 bits per heavy atom. The summed E-state index contributed by atoms with van der Waals surface area (Å²) in [5.41, 5.74) is 4.04. The first-order valence-corrected chi connectivity index (χ1v) is 7.60. The molecule has 0 spiro atoms. The van der Waals surface area contributed by atoms with E-state index in [9.17, 15) is 0 Å². The zero-order valence-corrected chi connectivity index (χ0v) is 12.3. The average molecular weight is 259 g/mol. The maximum Gasteiger partial charge on any atom is 0.124 e. The zero-order chi connectivity index (χ0) is 13.4. The van der Waals surface area contributed by atoms with Gasteiger partial charge in [0.05, 0.1) is 7.11 Å². The summed E-state index contributed by atoms with van der Waals surface area (Å²) in [7, 11) is 1.79. The SMILES string of the molecule is COc1cc(C)cc(C)c1C1CCC2CCCC2N1. The van der Waals surface area contributed by atoms with Crippen molar-refractivity contribution in [2.24, 2.45) is 5.92 Å². The van der Waals surface area contributed by atoms with Gasteiger partial charge in [-0.2, -0.15) is 0 Å². The van der Waals surface area contributed by atoms with Crippen LogP contribution in [0.1, 0.15) is 54.8 Å². The summed E-state index contributed by atoms with van der Waals surface area (Å²) in [6, 6.07) is 5.67. The molecule has 3 atom stereocenters. The Hall–Kier alpha value is -1.02. The Labute approximate surface area is 116 Å². The highest BCUT2D eigenvalue weighted by Crippen LogP contribution is 2.41. The minimum Gasteiger partial charge on any atom is -0.496 e. The van der Waals surface area contributed by atoms with Gasteiger partial charge in [0, 0.05) is 17.6 Å². The lowest BCUT2D eigenvalue weighted by Gasteiger charge is -2.35. The molecule has 104 valence electrons. The number of hydrogen-bond acceptors (Lipinski definition) is 2. The second-order valence-corrected chi connectivity index (χ2v) is 6.29. The van der Waals surface area contributed by atoms with Crippen LogP contribution in [0.25, 0.3) is 0 Å². The Kier molecular flexibility index (Phi) is 3.53. The topological polar surface area (TPSA) is 21.3 Å². The maximum absolute atomic E-state index is 5.63. The number of rotatable bonds is 2. The van der Waals surface area contributed by atoms with Crippen molar-refractivity contribution >= 4 is 0 Å². The maximum atomic E-state index is 5.63. The fraction of sp³-hybridized carbons (Fsp3) is 0.647. The van der Waals surface area contributed by atoms with E-state index in [2.05, 4.69) is 31.3 Å². The van der Waals surface area contributed by atoms with Crippen molar-refractivity contribution < 1.29 is 4.74 Å². The molecule has 2 heteroatoms. The Morgan fingerprint density at radius 3 is 2.74 bits per heavy atom. The monoisotopic (exact) mass is 259 g/mol. The van der Waals surface area contributed by atoms with Gasteiger partial charge in [0.1, 0.15) is 5.75 Å². The average Bonchev–Trinajstić information content (AvgIpc) is 2.84. The molecule has 1 heterocycles. The second kappa shape index (κ2) is 5.16. The normalized spacial score (nSPS) is 30.2. The molecule has 1 aromatic rings. The van der Waals surface area contributed by atoms with Crippen molar-refractivity contribution in [2.45, 2.75) is 58.0 Å². The van der Waals surface area contributed by atoms with E-state index in [0.717, 1.165) is 17.7 Å². The first kappa shape index (κ1) is 13.0. The molecule has 2 fully saturated rings. The van der Waals surface area contributed by atoms with E-state index in [-0.39, 0.29) is 0 Å². The highest BCUT2D eigenvalue weighted by Gasteiger charge is 2.35. The van der Waals surface area contributed by atoms with Crippen molar-refractivity contribution in [3.63, 3.8) is 0 Å². The van der Waals surface area contributed by atoms with Crippen molar-refractivity contribution in [2.75, 3.05) is 7.11 Å². The van der Waals surface area contributed by atoms with Gasteiger partial charge in [0.25, 0.3) is 0 Å². The second-order valence-electron chi connectivity index (χ2n) is 6.29. The van der Waals surface area contributed by atoms with E-state index in [1.165, 1.54) is 48.8 Å². The fourth-order valence-electron chi connectivity index (χ4n) is 4.11. The summed E-state index contributed by atoms with van der Waals surface area (Å²) in [5, 5.41) is 3.89. The Morgan fingerprint density at radius 1 is 1.11 bits per heavy atom. The third-order valence-corrected chi connectivity index (χ3v) is 4.96. The summed E-state index contributed by atoms with van der Waals surface area (Å²) < 4.78 is 5.63. The summed E-state index contributed by atoms with van der Waals surface area (Å²) in [4.78, 5) is 0. The molecule has 1 aliphatic carbocycles. The molecule has 3 unspecified atom stereocenters. The van der Waals surface area contributed by atoms with Crippen LogP contribution in [0, 0.1) is 19.8 Å². The molecule has 1 aliphatic heterocycles. The largest absolute Gasteiger partial charge is 0.496 e. The molecule has 1 saturated carbocycles. The van der Waals surface area contributed by atoms with Crippen LogP contribution in [0.3, 0.4) is 0 Å². The molecule has 2 nitrogen and oxygen atoms in total. The Bertz CT molecular complexity index is 469. The van der Waals surface area contributed by atoms with Gasteiger partial charge in [-0.15, -0.1) is 0 Å². The standard InChI is InChI=1S/C17H25NO/c1-11-9-12(2)17(16(10-11)19-3)15-8-7-13-5-4-6-14(13)18-15/h9-10,13-15,18H,4-8H2,1-3H3. The molecule has 0 amide bonds. The van der Waals surface area contributed by atoms with E-state index in [1.54, 1.807) is 7.11 Å². The number of methoxy groups -OCH3 is 1. The molecular weight excluding hydrogens is 234 g/mol. The predicted molar refractivity (Wildman–Crippen MR) is 78.7 cm³/mol. The number of aryl methyl sites for hydroxylation is 2. The fourth-order valence-corrected chi connectivity index (χ4v) is 4.11. The molecule has 1 saturated heterocycles. The van der Waals surface area contributed by atoms with Gasteiger partial charge in [-0.25, -0.2) is 0 Å². The highest BCUT2D eigenvalue weighted by molar-refractivity contribution is 5.45. The van der Waals surface area contributed by atoms with Crippen LogP contribution < -0.4 is 10.1 Å². The van der Waals surface area contributed by atoms with Gasteiger partial charge in [-0.05, 0) is 62.6 Å². The van der Waals surface area contributed by atoms with Crippen LogP contribution in [0.5, 0.6) is 5.75 Å². The van der Waals surface area contributed by atoms with E-state index in [4.69, 9.17) is 4.74 Å². The van der Waals surface area contributed by atoms with Crippen LogP contribution in [0.15, 0.2) is 12.1 Å². The van der Waals surface area contributed by atoms with Gasteiger partial charge < -0.3 is 10.1 Å². The van der Waals surface area contributed by atoms with E-state index < -0.39 is 0 Å². The number of piperidine rings is 1. The smallest absolute Gasteiger partial charge is 0.124 e. The van der Waals surface area contributed by atoms with Crippen molar-refractivity contribution in [3.8, 4) is 5.75 Å². The van der Waals surface area contributed by atoms with Gasteiger partial charge >= 0.3 is 0 Å². The Balaban J connectivity index is 1.89. The predicted octanol–water partition coefficient (Wildman–Crippen LogP) is 3.91. The van der Waals surface area contributed by atoms with E-state index in [1.807, 2.05) is 0 Å². The lowest BCUT2D eigenvalue weighted by Crippen LogP contribution is -2.40.